The van der Waals surface area contributed by atoms with E-state index in [0.29, 0.717) is 22.9 Å². The molecule has 0 saturated carbocycles. The molecule has 1 rings (SSSR count). The number of carbonyl (C=O) groups excluding carboxylic acids is 1. The summed E-state index contributed by atoms with van der Waals surface area (Å²) < 4.78 is 0. The average molecular weight is 300 g/mol. The Balaban J connectivity index is 2.70. The maximum Gasteiger partial charge on any atom is 0.241 e. The molecule has 0 fully saturated rings. The summed E-state index contributed by atoms with van der Waals surface area (Å²) in [4.78, 5) is 13.9. The number of anilines is 2. The SMILES string of the molecule is CC(C(=O)Nc1ccc(Cl)cc1N)N(C)CC(C)(C)O. The first-order valence-corrected chi connectivity index (χ1v) is 6.76. The van der Waals surface area contributed by atoms with Gasteiger partial charge in [0, 0.05) is 11.6 Å². The van der Waals surface area contributed by atoms with Crippen molar-refractivity contribution in [3.63, 3.8) is 0 Å². The van der Waals surface area contributed by atoms with Crippen molar-refractivity contribution in [1.82, 2.24) is 4.90 Å². The van der Waals surface area contributed by atoms with Crippen LogP contribution in [0, 0.1) is 0 Å². The molecule has 1 amide bonds. The molecule has 1 unspecified atom stereocenters. The van der Waals surface area contributed by atoms with Gasteiger partial charge in [-0.1, -0.05) is 11.6 Å². The van der Waals surface area contributed by atoms with Crippen molar-refractivity contribution in [2.24, 2.45) is 0 Å². The second kappa shape index (κ2) is 6.43. The van der Waals surface area contributed by atoms with Crippen LogP contribution < -0.4 is 11.1 Å². The minimum atomic E-state index is -0.859. The molecule has 0 saturated heterocycles. The fourth-order valence-corrected chi connectivity index (χ4v) is 2.01. The lowest BCUT2D eigenvalue weighted by atomic mass is 10.1. The van der Waals surface area contributed by atoms with E-state index in [-0.39, 0.29) is 5.91 Å². The van der Waals surface area contributed by atoms with Gasteiger partial charge in [-0.2, -0.15) is 0 Å². The number of nitrogens with one attached hydrogen (secondary N) is 1. The van der Waals surface area contributed by atoms with E-state index < -0.39 is 11.6 Å². The molecule has 0 radical (unpaired) electrons. The number of hydrogen-bond acceptors (Lipinski definition) is 4. The molecule has 5 nitrogen and oxygen atoms in total. The van der Waals surface area contributed by atoms with Crippen molar-refractivity contribution in [3.8, 4) is 0 Å². The number of amides is 1. The number of nitrogen functional groups attached to an aromatic ring is 1. The van der Waals surface area contributed by atoms with E-state index in [9.17, 15) is 9.90 Å². The summed E-state index contributed by atoms with van der Waals surface area (Å²) >= 11 is 5.81. The van der Waals surface area contributed by atoms with Crippen LogP contribution in [-0.4, -0.2) is 41.1 Å². The molecule has 1 aromatic rings. The van der Waals surface area contributed by atoms with Crippen LogP contribution in [0.15, 0.2) is 18.2 Å². The van der Waals surface area contributed by atoms with Gasteiger partial charge in [-0.15, -0.1) is 0 Å². The third kappa shape index (κ3) is 5.00. The molecule has 0 spiro atoms. The molecule has 0 aliphatic carbocycles. The zero-order valence-electron chi connectivity index (χ0n) is 12.3. The van der Waals surface area contributed by atoms with Crippen molar-refractivity contribution in [2.75, 3.05) is 24.6 Å². The van der Waals surface area contributed by atoms with Gasteiger partial charge in [-0.05, 0) is 46.0 Å². The Morgan fingerprint density at radius 2 is 2.15 bits per heavy atom. The average Bonchev–Trinajstić information content (AvgIpc) is 2.29. The summed E-state index contributed by atoms with van der Waals surface area (Å²) in [5, 5.41) is 13.1. The summed E-state index contributed by atoms with van der Waals surface area (Å²) in [6.07, 6.45) is 0. The lowest BCUT2D eigenvalue weighted by Crippen LogP contribution is -2.46. The topological polar surface area (TPSA) is 78.6 Å². The van der Waals surface area contributed by atoms with E-state index >= 15 is 0 Å². The lowest BCUT2D eigenvalue weighted by molar-refractivity contribution is -0.121. The van der Waals surface area contributed by atoms with Crippen LogP contribution in [-0.2, 0) is 4.79 Å². The quantitative estimate of drug-likeness (QED) is 0.726. The zero-order chi connectivity index (χ0) is 15.5. The summed E-state index contributed by atoms with van der Waals surface area (Å²) in [6, 6.07) is 4.52. The van der Waals surface area contributed by atoms with Crippen LogP contribution in [0.4, 0.5) is 11.4 Å². The second-order valence-electron chi connectivity index (χ2n) is 5.62. The van der Waals surface area contributed by atoms with Crippen molar-refractivity contribution < 1.29 is 9.90 Å². The first-order valence-electron chi connectivity index (χ1n) is 6.38. The largest absolute Gasteiger partial charge is 0.397 e. The Labute approximate surface area is 124 Å². The molecule has 0 heterocycles. The highest BCUT2D eigenvalue weighted by molar-refractivity contribution is 6.31. The third-order valence-electron chi connectivity index (χ3n) is 2.95. The minimum absolute atomic E-state index is 0.189. The van der Waals surface area contributed by atoms with Gasteiger partial charge in [0.05, 0.1) is 23.0 Å². The number of carbonyl (C=O) groups is 1. The Morgan fingerprint density at radius 1 is 1.55 bits per heavy atom. The lowest BCUT2D eigenvalue weighted by Gasteiger charge is -2.29. The van der Waals surface area contributed by atoms with Gasteiger partial charge < -0.3 is 16.2 Å². The molecule has 1 aromatic carbocycles. The predicted octanol–water partition coefficient (Wildman–Crippen LogP) is 1.95. The van der Waals surface area contributed by atoms with Gasteiger partial charge >= 0.3 is 0 Å². The Bertz CT molecular complexity index is 486. The molecule has 0 aliphatic heterocycles. The number of aliphatic hydroxyl groups is 1. The minimum Gasteiger partial charge on any atom is -0.397 e. The molecule has 1 atom stereocenters. The first-order chi connectivity index (χ1) is 9.10. The van der Waals surface area contributed by atoms with Crippen LogP contribution in [0.1, 0.15) is 20.8 Å². The molecule has 112 valence electrons. The Hall–Kier alpha value is -1.30. The second-order valence-corrected chi connectivity index (χ2v) is 6.06. The van der Waals surface area contributed by atoms with Crippen LogP contribution in [0.25, 0.3) is 0 Å². The molecule has 0 aliphatic rings. The highest BCUT2D eigenvalue weighted by Crippen LogP contribution is 2.23. The molecule has 6 heteroatoms. The maximum atomic E-state index is 12.2. The van der Waals surface area contributed by atoms with E-state index in [1.807, 2.05) is 0 Å². The zero-order valence-corrected chi connectivity index (χ0v) is 13.0. The fraction of sp³-hybridized carbons (Fsp3) is 0.500. The Morgan fingerprint density at radius 3 is 2.65 bits per heavy atom. The number of hydrogen-bond donors (Lipinski definition) is 3. The molecular formula is C14H22ClN3O2. The van der Waals surface area contributed by atoms with Gasteiger partial charge in [-0.3, -0.25) is 9.69 Å². The van der Waals surface area contributed by atoms with E-state index in [0.717, 1.165) is 0 Å². The summed E-state index contributed by atoms with van der Waals surface area (Å²) in [5.41, 5.74) is 5.89. The summed E-state index contributed by atoms with van der Waals surface area (Å²) in [7, 11) is 1.79. The maximum absolute atomic E-state index is 12.2. The van der Waals surface area contributed by atoms with Gasteiger partial charge in [0.25, 0.3) is 0 Å². The van der Waals surface area contributed by atoms with Crippen LogP contribution in [0.2, 0.25) is 5.02 Å². The van der Waals surface area contributed by atoms with Crippen molar-refractivity contribution >= 4 is 28.9 Å². The van der Waals surface area contributed by atoms with Gasteiger partial charge in [0.1, 0.15) is 0 Å². The predicted molar refractivity (Wildman–Crippen MR) is 82.9 cm³/mol. The summed E-state index contributed by atoms with van der Waals surface area (Å²) in [5.74, 6) is -0.189. The number of likely N-dealkylation sites (N-methyl/N-ethyl adjacent to an activating group) is 1. The standard InChI is InChI=1S/C14H22ClN3O2/c1-9(18(4)8-14(2,3)20)13(19)17-12-6-5-10(15)7-11(12)16/h5-7,9,20H,8,16H2,1-4H3,(H,17,19). The fourth-order valence-electron chi connectivity index (χ4n) is 1.83. The number of halogens is 1. The van der Waals surface area contributed by atoms with E-state index in [1.54, 1.807) is 50.9 Å². The number of nitrogens with zero attached hydrogens (tertiary/aromatic N) is 1. The highest BCUT2D eigenvalue weighted by Gasteiger charge is 2.24. The molecule has 4 N–H and O–H groups in total. The highest BCUT2D eigenvalue weighted by atomic mass is 35.5. The van der Waals surface area contributed by atoms with E-state index in [1.165, 1.54) is 0 Å². The monoisotopic (exact) mass is 299 g/mol. The molecule has 20 heavy (non-hydrogen) atoms. The van der Waals surface area contributed by atoms with Gasteiger partial charge in [-0.25, -0.2) is 0 Å². The Kier molecular flexibility index (Phi) is 5.39. The third-order valence-corrected chi connectivity index (χ3v) is 3.18. The molecular weight excluding hydrogens is 278 g/mol. The number of benzene rings is 1. The summed E-state index contributed by atoms with van der Waals surface area (Å²) in [6.45, 7) is 5.56. The first kappa shape index (κ1) is 16.8. The van der Waals surface area contributed by atoms with E-state index in [2.05, 4.69) is 5.32 Å². The molecule has 0 bridgehead atoms. The van der Waals surface area contributed by atoms with Crippen LogP contribution >= 0.6 is 11.6 Å². The van der Waals surface area contributed by atoms with Crippen molar-refractivity contribution in [2.45, 2.75) is 32.4 Å². The van der Waals surface area contributed by atoms with Crippen LogP contribution in [0.3, 0.4) is 0 Å². The van der Waals surface area contributed by atoms with Crippen molar-refractivity contribution in [3.05, 3.63) is 23.2 Å². The normalized spacial score (nSPS) is 13.3. The van der Waals surface area contributed by atoms with E-state index in [4.69, 9.17) is 17.3 Å². The smallest absolute Gasteiger partial charge is 0.241 e. The van der Waals surface area contributed by atoms with Crippen LogP contribution in [0.5, 0.6) is 0 Å². The van der Waals surface area contributed by atoms with Gasteiger partial charge in [0.15, 0.2) is 0 Å². The number of rotatable bonds is 5. The molecule has 0 aromatic heterocycles. The van der Waals surface area contributed by atoms with Crippen molar-refractivity contribution in [1.29, 1.82) is 0 Å². The number of nitrogens with two attached hydrogens (primary N) is 1. The van der Waals surface area contributed by atoms with Gasteiger partial charge in [0.2, 0.25) is 5.91 Å².